The van der Waals surface area contributed by atoms with Crippen LogP contribution in [-0.2, 0) is 6.42 Å². The Morgan fingerprint density at radius 2 is 2.38 bits per heavy atom. The minimum atomic E-state index is -0.209. The molecule has 2 heteroatoms. The molecule has 1 radical (unpaired) electrons. The van der Waals surface area contributed by atoms with Crippen LogP contribution in [0.25, 0.3) is 0 Å². The lowest BCUT2D eigenvalue weighted by atomic mass is 10.0. The highest BCUT2D eigenvalue weighted by atomic mass is 16.3. The van der Waals surface area contributed by atoms with Crippen LogP contribution in [0.2, 0.25) is 0 Å². The highest BCUT2D eigenvalue weighted by Crippen LogP contribution is 2.13. The highest BCUT2D eigenvalue weighted by Gasteiger charge is 2.03. The Bertz CT molecular complexity index is 260. The summed E-state index contributed by atoms with van der Waals surface area (Å²) in [7, 11) is 0. The topological polar surface area (TPSA) is 46.2 Å². The van der Waals surface area contributed by atoms with Gasteiger partial charge in [0.05, 0.1) is 6.10 Å². The van der Waals surface area contributed by atoms with E-state index in [0.29, 0.717) is 0 Å². The van der Waals surface area contributed by atoms with Gasteiger partial charge in [-0.15, -0.1) is 0 Å². The molecular formula is C11H16NO. The van der Waals surface area contributed by atoms with Crippen molar-refractivity contribution in [3.63, 3.8) is 0 Å². The van der Waals surface area contributed by atoms with E-state index in [-0.39, 0.29) is 6.10 Å². The van der Waals surface area contributed by atoms with Crippen LogP contribution in [-0.4, -0.2) is 11.2 Å². The van der Waals surface area contributed by atoms with Gasteiger partial charge in [0, 0.05) is 5.69 Å². The molecule has 0 heterocycles. The van der Waals surface area contributed by atoms with Crippen LogP contribution in [0.1, 0.15) is 25.3 Å². The molecule has 0 aliphatic heterocycles. The predicted molar refractivity (Wildman–Crippen MR) is 54.3 cm³/mol. The van der Waals surface area contributed by atoms with E-state index in [2.05, 4.69) is 6.07 Å². The molecule has 1 aromatic carbocycles. The van der Waals surface area contributed by atoms with Gasteiger partial charge in [0.15, 0.2) is 0 Å². The van der Waals surface area contributed by atoms with Gasteiger partial charge in [0.25, 0.3) is 0 Å². The van der Waals surface area contributed by atoms with Crippen molar-refractivity contribution in [2.75, 3.05) is 5.73 Å². The Labute approximate surface area is 79.4 Å². The van der Waals surface area contributed by atoms with Crippen LogP contribution in [0.3, 0.4) is 0 Å². The van der Waals surface area contributed by atoms with E-state index in [1.54, 1.807) is 6.07 Å². The number of aryl methyl sites for hydroxylation is 1. The Kier molecular flexibility index (Phi) is 3.77. The molecule has 1 unspecified atom stereocenters. The Balaban J connectivity index is 2.50. The summed E-state index contributed by atoms with van der Waals surface area (Å²) in [5.41, 5.74) is 7.62. The second kappa shape index (κ2) is 4.87. The maximum atomic E-state index is 9.36. The first-order chi connectivity index (χ1) is 6.24. The SMILES string of the molecule is CCC(O)CCc1c[c]ccc1N. The van der Waals surface area contributed by atoms with E-state index >= 15 is 0 Å². The molecule has 0 bridgehead atoms. The van der Waals surface area contributed by atoms with Crippen molar-refractivity contribution in [3.05, 3.63) is 29.8 Å². The lowest BCUT2D eigenvalue weighted by Crippen LogP contribution is -2.06. The summed E-state index contributed by atoms with van der Waals surface area (Å²) in [5.74, 6) is 0. The number of benzene rings is 1. The van der Waals surface area contributed by atoms with Crippen LogP contribution >= 0.6 is 0 Å². The zero-order valence-electron chi connectivity index (χ0n) is 7.96. The quantitative estimate of drug-likeness (QED) is 0.690. The summed E-state index contributed by atoms with van der Waals surface area (Å²) in [5, 5.41) is 9.36. The van der Waals surface area contributed by atoms with Crippen LogP contribution in [0.4, 0.5) is 5.69 Å². The van der Waals surface area contributed by atoms with E-state index in [1.165, 1.54) is 0 Å². The average Bonchev–Trinajstić information content (AvgIpc) is 2.16. The summed E-state index contributed by atoms with van der Waals surface area (Å²) in [6.45, 7) is 1.98. The van der Waals surface area contributed by atoms with Crippen molar-refractivity contribution < 1.29 is 5.11 Å². The Morgan fingerprint density at radius 3 is 3.00 bits per heavy atom. The molecule has 0 saturated carbocycles. The number of rotatable bonds is 4. The number of aliphatic hydroxyl groups excluding tert-OH is 1. The van der Waals surface area contributed by atoms with Crippen molar-refractivity contribution in [2.24, 2.45) is 0 Å². The molecule has 0 fully saturated rings. The van der Waals surface area contributed by atoms with Gasteiger partial charge in [0.2, 0.25) is 0 Å². The highest BCUT2D eigenvalue weighted by molar-refractivity contribution is 5.45. The smallest absolute Gasteiger partial charge is 0.0540 e. The molecule has 1 aromatic rings. The van der Waals surface area contributed by atoms with Crippen LogP contribution in [0, 0.1) is 6.07 Å². The van der Waals surface area contributed by atoms with Crippen LogP contribution < -0.4 is 5.73 Å². The molecular weight excluding hydrogens is 162 g/mol. The maximum Gasteiger partial charge on any atom is 0.0540 e. The van der Waals surface area contributed by atoms with Gasteiger partial charge in [-0.2, -0.15) is 0 Å². The molecule has 2 nitrogen and oxygen atoms in total. The number of aliphatic hydroxyl groups is 1. The molecule has 0 spiro atoms. The van der Waals surface area contributed by atoms with Gasteiger partial charge in [-0.05, 0) is 43.0 Å². The van der Waals surface area contributed by atoms with Gasteiger partial charge in [-0.25, -0.2) is 0 Å². The molecule has 0 aliphatic rings. The first-order valence-corrected chi connectivity index (χ1v) is 4.66. The summed E-state index contributed by atoms with van der Waals surface area (Å²) >= 11 is 0. The third kappa shape index (κ3) is 3.07. The Morgan fingerprint density at radius 1 is 1.62 bits per heavy atom. The van der Waals surface area contributed by atoms with Crippen molar-refractivity contribution in [1.82, 2.24) is 0 Å². The van der Waals surface area contributed by atoms with Gasteiger partial charge >= 0.3 is 0 Å². The molecule has 1 rings (SSSR count). The lowest BCUT2D eigenvalue weighted by Gasteiger charge is -2.08. The number of nitrogen functional groups attached to an aromatic ring is 1. The fourth-order valence-electron chi connectivity index (χ4n) is 1.22. The molecule has 0 saturated heterocycles. The first kappa shape index (κ1) is 10.1. The lowest BCUT2D eigenvalue weighted by molar-refractivity contribution is 0.161. The molecule has 0 aromatic heterocycles. The second-order valence-electron chi connectivity index (χ2n) is 3.23. The van der Waals surface area contributed by atoms with Gasteiger partial charge in [-0.1, -0.05) is 13.0 Å². The zero-order chi connectivity index (χ0) is 9.68. The third-order valence-electron chi connectivity index (χ3n) is 2.21. The number of hydrogen-bond acceptors (Lipinski definition) is 2. The largest absolute Gasteiger partial charge is 0.399 e. The standard InChI is InChI=1S/C11H16NO/c1-2-10(13)8-7-9-5-3-4-6-11(9)12/h4-6,10,13H,2,7-8,12H2,1H3. The molecule has 71 valence electrons. The monoisotopic (exact) mass is 178 g/mol. The molecule has 13 heavy (non-hydrogen) atoms. The predicted octanol–water partition coefficient (Wildman–Crippen LogP) is 1.77. The van der Waals surface area contributed by atoms with Crippen molar-refractivity contribution >= 4 is 5.69 Å². The van der Waals surface area contributed by atoms with Gasteiger partial charge < -0.3 is 10.8 Å². The molecule has 3 N–H and O–H groups in total. The summed E-state index contributed by atoms with van der Waals surface area (Å²) < 4.78 is 0. The Hall–Kier alpha value is -1.02. The molecule has 0 aliphatic carbocycles. The van der Waals surface area contributed by atoms with Crippen LogP contribution in [0.15, 0.2) is 18.2 Å². The fourth-order valence-corrected chi connectivity index (χ4v) is 1.22. The minimum absolute atomic E-state index is 0.209. The van der Waals surface area contributed by atoms with Gasteiger partial charge in [0.1, 0.15) is 0 Å². The molecule has 1 atom stereocenters. The first-order valence-electron chi connectivity index (χ1n) is 4.66. The normalized spacial score (nSPS) is 12.8. The van der Waals surface area contributed by atoms with Crippen LogP contribution in [0.5, 0.6) is 0 Å². The van der Waals surface area contributed by atoms with E-state index in [0.717, 1.165) is 30.5 Å². The average molecular weight is 178 g/mol. The second-order valence-corrected chi connectivity index (χ2v) is 3.23. The number of anilines is 1. The summed E-state index contributed by atoms with van der Waals surface area (Å²) in [4.78, 5) is 0. The summed E-state index contributed by atoms with van der Waals surface area (Å²) in [6, 6.07) is 8.51. The van der Waals surface area contributed by atoms with Crippen molar-refractivity contribution in [2.45, 2.75) is 32.3 Å². The number of nitrogens with two attached hydrogens (primary N) is 1. The minimum Gasteiger partial charge on any atom is -0.399 e. The number of hydrogen-bond donors (Lipinski definition) is 2. The zero-order valence-corrected chi connectivity index (χ0v) is 7.96. The van der Waals surface area contributed by atoms with Crippen molar-refractivity contribution in [1.29, 1.82) is 0 Å². The maximum absolute atomic E-state index is 9.36. The summed E-state index contributed by atoms with van der Waals surface area (Å²) in [6.07, 6.45) is 2.20. The third-order valence-corrected chi connectivity index (χ3v) is 2.21. The van der Waals surface area contributed by atoms with E-state index in [1.807, 2.05) is 19.1 Å². The fraction of sp³-hybridized carbons (Fsp3) is 0.455. The van der Waals surface area contributed by atoms with E-state index in [9.17, 15) is 5.11 Å². The van der Waals surface area contributed by atoms with Gasteiger partial charge in [-0.3, -0.25) is 0 Å². The van der Waals surface area contributed by atoms with E-state index < -0.39 is 0 Å². The van der Waals surface area contributed by atoms with Crippen molar-refractivity contribution in [3.8, 4) is 0 Å². The van der Waals surface area contributed by atoms with E-state index in [4.69, 9.17) is 5.73 Å². The molecule has 0 amide bonds.